The number of hydrogen-bond acceptors (Lipinski definition) is 4. The number of nitrogens with one attached hydrogen (secondary N) is 1. The van der Waals surface area contributed by atoms with Gasteiger partial charge in [-0.3, -0.25) is 4.79 Å². The first-order valence-corrected chi connectivity index (χ1v) is 4.10. The zero-order valence-electron chi connectivity index (χ0n) is 8.27. The maximum absolute atomic E-state index is 12.8. The van der Waals surface area contributed by atoms with Crippen LogP contribution in [0.4, 0.5) is 10.1 Å². The monoisotopic (exact) mass is 212 g/mol. The third-order valence-electron chi connectivity index (χ3n) is 1.40. The summed E-state index contributed by atoms with van der Waals surface area (Å²) in [7, 11) is 1.00. The summed E-state index contributed by atoms with van der Waals surface area (Å²) in [6.07, 6.45) is 3.31. The normalized spacial score (nSPS) is 9.27. The van der Waals surface area contributed by atoms with E-state index >= 15 is 0 Å². The Labute approximate surface area is 87.2 Å². The standard InChI is InChI=1S/C9H9FN2O.CH4O/c10-8-3-7(6-13)4-9(5-8)12-2-1-11;1-2/h1-6,12H,11H2;2H,1H3/b2-1-;. The smallest absolute Gasteiger partial charge is 0.150 e. The van der Waals surface area contributed by atoms with Crippen LogP contribution in [0.5, 0.6) is 0 Å². The number of hydrogen-bond donors (Lipinski definition) is 3. The molecular formula is C10H13FN2O2. The highest BCUT2D eigenvalue weighted by Gasteiger charge is 1.97. The molecule has 1 aromatic rings. The van der Waals surface area contributed by atoms with Gasteiger partial charge in [0.05, 0.1) is 0 Å². The number of rotatable bonds is 3. The zero-order valence-corrected chi connectivity index (χ0v) is 8.27. The largest absolute Gasteiger partial charge is 0.403 e. The molecule has 0 spiro atoms. The molecule has 1 rings (SSSR count). The van der Waals surface area contributed by atoms with E-state index in [1.54, 1.807) is 0 Å². The summed E-state index contributed by atoms with van der Waals surface area (Å²) in [6, 6.07) is 3.95. The van der Waals surface area contributed by atoms with Crippen LogP contribution in [0.1, 0.15) is 10.4 Å². The molecule has 0 atom stereocenters. The molecule has 15 heavy (non-hydrogen) atoms. The van der Waals surface area contributed by atoms with Crippen LogP contribution in [0, 0.1) is 5.82 Å². The number of aldehydes is 1. The second-order valence-electron chi connectivity index (χ2n) is 2.39. The third kappa shape index (κ3) is 4.78. The van der Waals surface area contributed by atoms with Crippen molar-refractivity contribution in [2.45, 2.75) is 0 Å². The summed E-state index contributed by atoms with van der Waals surface area (Å²) < 4.78 is 12.8. The molecule has 0 aliphatic carbocycles. The van der Waals surface area contributed by atoms with Gasteiger partial charge in [-0.25, -0.2) is 4.39 Å². The molecule has 1 aromatic carbocycles. The average Bonchev–Trinajstić information content (AvgIpc) is 2.28. The Morgan fingerprint density at radius 3 is 2.60 bits per heavy atom. The number of benzene rings is 1. The fourth-order valence-electron chi connectivity index (χ4n) is 0.908. The van der Waals surface area contributed by atoms with Gasteiger partial charge in [0.25, 0.3) is 0 Å². The predicted molar refractivity (Wildman–Crippen MR) is 56.9 cm³/mol. The lowest BCUT2D eigenvalue weighted by Crippen LogP contribution is -1.92. The van der Waals surface area contributed by atoms with E-state index in [1.807, 2.05) is 0 Å². The van der Waals surface area contributed by atoms with E-state index in [-0.39, 0.29) is 5.56 Å². The Kier molecular flexibility index (Phi) is 6.57. The molecular weight excluding hydrogens is 199 g/mol. The van der Waals surface area contributed by atoms with Gasteiger partial charge >= 0.3 is 0 Å². The number of nitrogens with two attached hydrogens (primary N) is 1. The molecule has 0 unspecified atom stereocenters. The van der Waals surface area contributed by atoms with E-state index < -0.39 is 5.82 Å². The lowest BCUT2D eigenvalue weighted by molar-refractivity contribution is 0.112. The molecule has 0 aliphatic heterocycles. The van der Waals surface area contributed by atoms with Gasteiger partial charge in [0.15, 0.2) is 0 Å². The maximum Gasteiger partial charge on any atom is 0.150 e. The van der Waals surface area contributed by atoms with Crippen molar-refractivity contribution in [1.82, 2.24) is 0 Å². The molecule has 0 radical (unpaired) electrons. The molecule has 0 aliphatic rings. The van der Waals surface area contributed by atoms with E-state index in [0.29, 0.717) is 12.0 Å². The summed E-state index contributed by atoms with van der Waals surface area (Å²) in [6.45, 7) is 0. The Morgan fingerprint density at radius 1 is 1.40 bits per heavy atom. The minimum absolute atomic E-state index is 0.285. The van der Waals surface area contributed by atoms with Crippen molar-refractivity contribution in [3.05, 3.63) is 42.0 Å². The Balaban J connectivity index is 0.000000921. The SMILES string of the molecule is CO.N/C=C\Nc1cc(F)cc(C=O)c1. The third-order valence-corrected chi connectivity index (χ3v) is 1.40. The summed E-state index contributed by atoms with van der Waals surface area (Å²) in [5, 5.41) is 9.71. The number of halogens is 1. The maximum atomic E-state index is 12.8. The van der Waals surface area contributed by atoms with E-state index in [4.69, 9.17) is 10.8 Å². The van der Waals surface area contributed by atoms with Crippen molar-refractivity contribution >= 4 is 12.0 Å². The fourth-order valence-corrected chi connectivity index (χ4v) is 0.908. The van der Waals surface area contributed by atoms with Gasteiger partial charge in [0.2, 0.25) is 0 Å². The molecule has 0 heterocycles. The van der Waals surface area contributed by atoms with Gasteiger partial charge in [0, 0.05) is 30.8 Å². The molecule has 0 fully saturated rings. The van der Waals surface area contributed by atoms with Crippen molar-refractivity contribution in [1.29, 1.82) is 0 Å². The van der Waals surface area contributed by atoms with Gasteiger partial charge < -0.3 is 16.2 Å². The van der Waals surface area contributed by atoms with Crippen molar-refractivity contribution < 1.29 is 14.3 Å². The zero-order chi connectivity index (χ0) is 11.7. The first kappa shape index (κ1) is 13.1. The summed E-state index contributed by atoms with van der Waals surface area (Å²) in [5.41, 5.74) is 5.85. The van der Waals surface area contributed by atoms with E-state index in [2.05, 4.69) is 5.32 Å². The second-order valence-corrected chi connectivity index (χ2v) is 2.39. The molecule has 4 nitrogen and oxygen atoms in total. The number of aliphatic hydroxyl groups is 1. The number of carbonyl (C=O) groups excluding carboxylic acids is 1. The van der Waals surface area contributed by atoms with E-state index in [1.165, 1.54) is 24.5 Å². The molecule has 82 valence electrons. The van der Waals surface area contributed by atoms with Crippen LogP contribution in [0.25, 0.3) is 0 Å². The minimum atomic E-state index is -0.461. The van der Waals surface area contributed by atoms with Crippen LogP contribution >= 0.6 is 0 Å². The average molecular weight is 212 g/mol. The van der Waals surface area contributed by atoms with Crippen molar-refractivity contribution in [2.75, 3.05) is 12.4 Å². The molecule has 0 aromatic heterocycles. The van der Waals surface area contributed by atoms with Crippen LogP contribution in [0.15, 0.2) is 30.6 Å². The van der Waals surface area contributed by atoms with Crippen LogP contribution in [-0.2, 0) is 0 Å². The topological polar surface area (TPSA) is 75.3 Å². The minimum Gasteiger partial charge on any atom is -0.403 e. The Morgan fingerprint density at radius 2 is 2.07 bits per heavy atom. The Hall–Kier alpha value is -1.88. The van der Waals surface area contributed by atoms with Gasteiger partial charge in [-0.2, -0.15) is 0 Å². The molecule has 0 saturated heterocycles. The number of carbonyl (C=O) groups is 1. The highest BCUT2D eigenvalue weighted by Crippen LogP contribution is 2.12. The molecule has 5 heteroatoms. The first-order valence-electron chi connectivity index (χ1n) is 4.10. The summed E-state index contributed by atoms with van der Waals surface area (Å²) in [5.74, 6) is -0.461. The van der Waals surface area contributed by atoms with Gasteiger partial charge in [0.1, 0.15) is 12.1 Å². The van der Waals surface area contributed by atoms with Crippen molar-refractivity contribution in [3.8, 4) is 0 Å². The fraction of sp³-hybridized carbons (Fsp3) is 0.100. The van der Waals surface area contributed by atoms with E-state index in [0.717, 1.165) is 13.2 Å². The molecule has 4 N–H and O–H groups in total. The quantitative estimate of drug-likeness (QED) is 0.655. The molecule has 0 saturated carbocycles. The number of anilines is 1. The van der Waals surface area contributed by atoms with Gasteiger partial charge in [-0.05, 0) is 18.2 Å². The Bertz CT molecular complexity index is 340. The highest BCUT2D eigenvalue weighted by molar-refractivity contribution is 5.77. The predicted octanol–water partition coefficient (Wildman–Crippen LogP) is 1.09. The van der Waals surface area contributed by atoms with Crippen LogP contribution in [0.2, 0.25) is 0 Å². The van der Waals surface area contributed by atoms with Crippen LogP contribution in [-0.4, -0.2) is 18.5 Å². The summed E-state index contributed by atoms with van der Waals surface area (Å²) in [4.78, 5) is 10.3. The number of aliphatic hydroxyl groups excluding tert-OH is 1. The second kappa shape index (κ2) is 7.52. The van der Waals surface area contributed by atoms with Gasteiger partial charge in [-0.1, -0.05) is 0 Å². The molecule has 0 bridgehead atoms. The lowest BCUT2D eigenvalue weighted by atomic mass is 10.2. The molecule has 0 amide bonds. The highest BCUT2D eigenvalue weighted by atomic mass is 19.1. The van der Waals surface area contributed by atoms with Crippen molar-refractivity contribution in [3.63, 3.8) is 0 Å². The van der Waals surface area contributed by atoms with Gasteiger partial charge in [-0.15, -0.1) is 0 Å². The summed E-state index contributed by atoms with van der Waals surface area (Å²) >= 11 is 0. The van der Waals surface area contributed by atoms with Crippen molar-refractivity contribution in [2.24, 2.45) is 5.73 Å². The first-order chi connectivity index (χ1) is 7.26. The van der Waals surface area contributed by atoms with Crippen LogP contribution < -0.4 is 11.1 Å². The van der Waals surface area contributed by atoms with E-state index in [9.17, 15) is 9.18 Å². The van der Waals surface area contributed by atoms with Crippen LogP contribution in [0.3, 0.4) is 0 Å². The lowest BCUT2D eigenvalue weighted by Gasteiger charge is -2.01.